The average molecular weight is 372 g/mol. The largest absolute Gasteiger partial charge is 0.497 e. The van der Waals surface area contributed by atoms with Crippen LogP contribution in [0.15, 0.2) is 47.1 Å². The van der Waals surface area contributed by atoms with Crippen LogP contribution in [0, 0.1) is 17.1 Å². The maximum absolute atomic E-state index is 13.4. The molecule has 0 saturated heterocycles. The summed E-state index contributed by atoms with van der Waals surface area (Å²) in [7, 11) is 1.58. The van der Waals surface area contributed by atoms with Crippen LogP contribution in [0.1, 0.15) is 5.56 Å². The average Bonchev–Trinajstić information content (AvgIpc) is 2.58. The highest BCUT2D eigenvalue weighted by Crippen LogP contribution is 2.31. The molecule has 114 valence electrons. The second-order valence-electron chi connectivity index (χ2n) is 4.80. The van der Waals surface area contributed by atoms with Gasteiger partial charge in [-0.15, -0.1) is 0 Å². The Labute approximate surface area is 140 Å². The molecule has 1 N–H and O–H groups in total. The molecule has 4 nitrogen and oxygen atoms in total. The molecule has 0 atom stereocenters. The van der Waals surface area contributed by atoms with Gasteiger partial charge in [0.05, 0.1) is 28.4 Å². The zero-order valence-electron chi connectivity index (χ0n) is 12.1. The standard InChI is InChI=1S/C17H11BrFN3O/c1-23-12-3-4-13-16(7-12)21-9-10(8-20)17(13)22-11-2-5-15(19)14(18)6-11/h2-7,9H,1H3,(H,21,22). The summed E-state index contributed by atoms with van der Waals surface area (Å²) in [5, 5.41) is 13.3. The highest BCUT2D eigenvalue weighted by Gasteiger charge is 2.11. The number of nitrogens with zero attached hydrogens (tertiary/aromatic N) is 2. The first-order chi connectivity index (χ1) is 11.1. The van der Waals surface area contributed by atoms with Gasteiger partial charge in [0, 0.05) is 23.3 Å². The molecule has 0 saturated carbocycles. The van der Waals surface area contributed by atoms with Gasteiger partial charge < -0.3 is 10.1 Å². The Balaban J connectivity index is 2.14. The summed E-state index contributed by atoms with van der Waals surface area (Å²) in [6.45, 7) is 0. The highest BCUT2D eigenvalue weighted by atomic mass is 79.9. The van der Waals surface area contributed by atoms with Crippen molar-refractivity contribution in [2.75, 3.05) is 12.4 Å². The first-order valence-electron chi connectivity index (χ1n) is 6.71. The summed E-state index contributed by atoms with van der Waals surface area (Å²) < 4.78 is 18.9. The molecule has 0 bridgehead atoms. The number of hydrogen-bond donors (Lipinski definition) is 1. The van der Waals surface area contributed by atoms with Crippen LogP contribution in [-0.4, -0.2) is 12.1 Å². The number of nitrogens with one attached hydrogen (secondary N) is 1. The Morgan fingerprint density at radius 1 is 1.26 bits per heavy atom. The van der Waals surface area contributed by atoms with Crippen LogP contribution in [0.4, 0.5) is 15.8 Å². The van der Waals surface area contributed by atoms with E-state index in [0.29, 0.717) is 32.7 Å². The van der Waals surface area contributed by atoms with Gasteiger partial charge in [-0.1, -0.05) is 0 Å². The van der Waals surface area contributed by atoms with E-state index < -0.39 is 0 Å². The normalized spacial score (nSPS) is 10.3. The second kappa shape index (κ2) is 6.23. The summed E-state index contributed by atoms with van der Waals surface area (Å²) in [6, 6.07) is 12.1. The zero-order valence-corrected chi connectivity index (χ0v) is 13.7. The molecule has 0 radical (unpaired) electrons. The van der Waals surface area contributed by atoms with E-state index in [0.717, 1.165) is 5.39 Å². The molecule has 6 heteroatoms. The third-order valence-corrected chi connectivity index (χ3v) is 3.99. The molecule has 1 aromatic heterocycles. The minimum atomic E-state index is -0.347. The lowest BCUT2D eigenvalue weighted by molar-refractivity contribution is 0.415. The van der Waals surface area contributed by atoms with Crippen molar-refractivity contribution in [1.29, 1.82) is 5.26 Å². The van der Waals surface area contributed by atoms with Crippen molar-refractivity contribution in [1.82, 2.24) is 4.98 Å². The van der Waals surface area contributed by atoms with Gasteiger partial charge in [0.2, 0.25) is 0 Å². The fourth-order valence-corrected chi connectivity index (χ4v) is 2.62. The third kappa shape index (κ3) is 2.96. The molecule has 0 unspecified atom stereocenters. The first-order valence-corrected chi connectivity index (χ1v) is 7.50. The van der Waals surface area contributed by atoms with E-state index >= 15 is 0 Å². The van der Waals surface area contributed by atoms with Crippen molar-refractivity contribution >= 4 is 38.2 Å². The molecule has 2 aromatic carbocycles. The van der Waals surface area contributed by atoms with E-state index in [4.69, 9.17) is 4.74 Å². The number of fused-ring (bicyclic) bond motifs is 1. The minimum absolute atomic E-state index is 0.347. The molecule has 0 aliphatic carbocycles. The van der Waals surface area contributed by atoms with Crippen molar-refractivity contribution in [3.05, 3.63) is 58.4 Å². The number of pyridine rings is 1. The van der Waals surface area contributed by atoms with Crippen molar-refractivity contribution in [2.45, 2.75) is 0 Å². The van der Waals surface area contributed by atoms with Crippen molar-refractivity contribution in [3.8, 4) is 11.8 Å². The van der Waals surface area contributed by atoms with E-state index in [1.807, 2.05) is 6.07 Å². The zero-order chi connectivity index (χ0) is 16.4. The summed E-state index contributed by atoms with van der Waals surface area (Å²) >= 11 is 3.15. The molecular formula is C17H11BrFN3O. The lowest BCUT2D eigenvalue weighted by Gasteiger charge is -2.12. The van der Waals surface area contributed by atoms with Crippen LogP contribution in [0.5, 0.6) is 5.75 Å². The van der Waals surface area contributed by atoms with Crippen LogP contribution in [-0.2, 0) is 0 Å². The van der Waals surface area contributed by atoms with Gasteiger partial charge in [-0.3, -0.25) is 4.98 Å². The molecule has 1 heterocycles. The highest BCUT2D eigenvalue weighted by molar-refractivity contribution is 9.10. The van der Waals surface area contributed by atoms with Gasteiger partial charge >= 0.3 is 0 Å². The molecule has 0 fully saturated rings. The van der Waals surface area contributed by atoms with Gasteiger partial charge in [0.1, 0.15) is 17.6 Å². The van der Waals surface area contributed by atoms with Crippen LogP contribution in [0.25, 0.3) is 10.9 Å². The first kappa shape index (κ1) is 15.3. The van der Waals surface area contributed by atoms with Gasteiger partial charge in [0.15, 0.2) is 0 Å². The second-order valence-corrected chi connectivity index (χ2v) is 5.65. The van der Waals surface area contributed by atoms with Gasteiger partial charge in [-0.25, -0.2) is 4.39 Å². The van der Waals surface area contributed by atoms with E-state index in [1.54, 1.807) is 31.4 Å². The number of rotatable bonds is 3. The van der Waals surface area contributed by atoms with E-state index in [9.17, 15) is 9.65 Å². The van der Waals surface area contributed by atoms with Gasteiger partial charge in [-0.05, 0) is 46.3 Å². The number of benzene rings is 2. The SMILES string of the molecule is COc1ccc2c(Nc3ccc(F)c(Br)c3)c(C#N)cnc2c1. The monoisotopic (exact) mass is 371 g/mol. The smallest absolute Gasteiger partial charge is 0.137 e. The predicted octanol–water partition coefficient (Wildman–Crippen LogP) is 4.76. The van der Waals surface area contributed by atoms with Crippen molar-refractivity contribution in [3.63, 3.8) is 0 Å². The maximum Gasteiger partial charge on any atom is 0.137 e. The Morgan fingerprint density at radius 3 is 2.78 bits per heavy atom. The molecule has 0 aliphatic rings. The van der Waals surface area contributed by atoms with Crippen LogP contribution < -0.4 is 10.1 Å². The molecule has 23 heavy (non-hydrogen) atoms. The molecule has 0 spiro atoms. The van der Waals surface area contributed by atoms with E-state index in [-0.39, 0.29) is 5.82 Å². The predicted molar refractivity (Wildman–Crippen MR) is 90.4 cm³/mol. The number of nitriles is 1. The van der Waals surface area contributed by atoms with Crippen molar-refractivity contribution in [2.24, 2.45) is 0 Å². The number of methoxy groups -OCH3 is 1. The van der Waals surface area contributed by atoms with Crippen molar-refractivity contribution < 1.29 is 9.13 Å². The number of aromatic nitrogens is 1. The van der Waals surface area contributed by atoms with Crippen LogP contribution in [0.2, 0.25) is 0 Å². The summed E-state index contributed by atoms with van der Waals surface area (Å²) in [4.78, 5) is 4.28. The van der Waals surface area contributed by atoms with Crippen LogP contribution >= 0.6 is 15.9 Å². The summed E-state index contributed by atoms with van der Waals surface area (Å²) in [5.41, 5.74) is 2.40. The van der Waals surface area contributed by atoms with E-state index in [1.165, 1.54) is 12.3 Å². The van der Waals surface area contributed by atoms with Gasteiger partial charge in [-0.2, -0.15) is 5.26 Å². The lowest BCUT2D eigenvalue weighted by Crippen LogP contribution is -1.97. The fourth-order valence-electron chi connectivity index (χ4n) is 2.24. The number of hydrogen-bond acceptors (Lipinski definition) is 4. The summed E-state index contributed by atoms with van der Waals surface area (Å²) in [6.07, 6.45) is 1.50. The Bertz CT molecular complexity index is 937. The molecule has 0 amide bonds. The number of halogens is 2. The number of anilines is 2. The minimum Gasteiger partial charge on any atom is -0.497 e. The lowest BCUT2D eigenvalue weighted by atomic mass is 10.1. The Morgan fingerprint density at radius 2 is 2.09 bits per heavy atom. The van der Waals surface area contributed by atoms with Crippen LogP contribution in [0.3, 0.4) is 0 Å². The summed E-state index contributed by atoms with van der Waals surface area (Å²) in [5.74, 6) is 0.338. The molecule has 0 aliphatic heterocycles. The maximum atomic E-state index is 13.4. The molecular weight excluding hydrogens is 361 g/mol. The van der Waals surface area contributed by atoms with E-state index in [2.05, 4.69) is 32.3 Å². The molecule has 3 rings (SSSR count). The third-order valence-electron chi connectivity index (χ3n) is 3.39. The Hall–Kier alpha value is -2.65. The Kier molecular flexibility index (Phi) is 4.13. The van der Waals surface area contributed by atoms with Gasteiger partial charge in [0.25, 0.3) is 0 Å². The number of ether oxygens (including phenoxy) is 1. The topological polar surface area (TPSA) is 57.9 Å². The molecule has 3 aromatic rings. The quantitative estimate of drug-likeness (QED) is 0.720. The fraction of sp³-hybridized carbons (Fsp3) is 0.0588.